The highest BCUT2D eigenvalue weighted by atomic mass is 16.5. The van der Waals surface area contributed by atoms with Crippen LogP contribution in [-0.2, 0) is 14.3 Å². The van der Waals surface area contributed by atoms with Crippen LogP contribution >= 0.6 is 0 Å². The second-order valence-electron chi connectivity index (χ2n) is 6.51. The molecule has 2 N–H and O–H groups in total. The van der Waals surface area contributed by atoms with Crippen molar-refractivity contribution in [1.82, 2.24) is 4.90 Å². The van der Waals surface area contributed by atoms with Crippen molar-refractivity contribution in [3.63, 3.8) is 0 Å². The van der Waals surface area contributed by atoms with Gasteiger partial charge in [0.05, 0.1) is 19.8 Å². The van der Waals surface area contributed by atoms with Gasteiger partial charge in [0.15, 0.2) is 0 Å². The van der Waals surface area contributed by atoms with Crippen LogP contribution in [-0.4, -0.2) is 59.9 Å². The molecule has 152 valence electrons. The number of hydrogen-bond donors (Lipinski definition) is 2. The smallest absolute Gasteiger partial charge is 0.328 e. The van der Waals surface area contributed by atoms with Gasteiger partial charge in [-0.15, -0.1) is 0 Å². The number of aliphatic hydroxyl groups excluding tert-OH is 1. The number of amides is 1. The van der Waals surface area contributed by atoms with E-state index in [1.54, 1.807) is 4.90 Å². The van der Waals surface area contributed by atoms with Crippen molar-refractivity contribution in [1.29, 1.82) is 0 Å². The molecule has 0 aliphatic rings. The maximum atomic E-state index is 12.1. The normalized spacial score (nSPS) is 11.2. The number of aliphatic carboxylic acids is 1. The second-order valence-corrected chi connectivity index (χ2v) is 6.51. The number of unbranched alkanes of at least 4 members (excludes halogenated alkanes) is 9. The summed E-state index contributed by atoms with van der Waals surface area (Å²) in [5.74, 6) is -1.44. The molecule has 0 heterocycles. The summed E-state index contributed by atoms with van der Waals surface area (Å²) >= 11 is 0. The van der Waals surface area contributed by atoms with Gasteiger partial charge in [0, 0.05) is 25.2 Å². The van der Waals surface area contributed by atoms with E-state index < -0.39 is 5.97 Å². The lowest BCUT2D eigenvalue weighted by atomic mass is 10.1. The Balaban J connectivity index is 3.94. The third-order valence-electron chi connectivity index (χ3n) is 4.20. The third kappa shape index (κ3) is 16.1. The van der Waals surface area contributed by atoms with E-state index in [1.165, 1.54) is 51.4 Å². The molecular weight excluding hydrogens is 334 g/mol. The fraction of sp³-hybridized carbons (Fsp3) is 0.800. The molecule has 0 bridgehead atoms. The Kier molecular flexibility index (Phi) is 17.4. The summed E-state index contributed by atoms with van der Waals surface area (Å²) in [4.78, 5) is 24.2. The lowest BCUT2D eigenvalue weighted by Gasteiger charge is -2.21. The first kappa shape index (κ1) is 24.6. The summed E-state index contributed by atoms with van der Waals surface area (Å²) < 4.78 is 5.20. The molecule has 0 saturated carbocycles. The highest BCUT2D eigenvalue weighted by Gasteiger charge is 2.10. The zero-order valence-electron chi connectivity index (χ0n) is 16.3. The van der Waals surface area contributed by atoms with Gasteiger partial charge in [-0.2, -0.15) is 0 Å². The molecular formula is C20H37NO5. The summed E-state index contributed by atoms with van der Waals surface area (Å²) in [6.07, 6.45) is 14.2. The number of aliphatic hydroxyl groups is 1. The Morgan fingerprint density at radius 1 is 0.846 bits per heavy atom. The highest BCUT2D eigenvalue weighted by molar-refractivity contribution is 5.93. The Labute approximate surface area is 158 Å². The topological polar surface area (TPSA) is 87.1 Å². The van der Waals surface area contributed by atoms with Crippen LogP contribution in [0, 0.1) is 0 Å². The second kappa shape index (κ2) is 18.4. The Bertz CT molecular complexity index is 384. The van der Waals surface area contributed by atoms with E-state index in [0.29, 0.717) is 19.7 Å². The highest BCUT2D eigenvalue weighted by Crippen LogP contribution is 2.11. The predicted octanol–water partition coefficient (Wildman–Crippen LogP) is 3.39. The zero-order valence-corrected chi connectivity index (χ0v) is 16.3. The van der Waals surface area contributed by atoms with Crippen LogP contribution in [0.3, 0.4) is 0 Å². The number of carbonyl (C=O) groups is 2. The number of rotatable bonds is 18. The summed E-state index contributed by atoms with van der Waals surface area (Å²) in [5.41, 5.74) is 0. The maximum Gasteiger partial charge on any atom is 0.328 e. The fourth-order valence-corrected chi connectivity index (χ4v) is 2.71. The molecule has 0 radical (unpaired) electrons. The quantitative estimate of drug-likeness (QED) is 0.285. The summed E-state index contributed by atoms with van der Waals surface area (Å²) in [6.45, 7) is 3.76. The summed E-state index contributed by atoms with van der Waals surface area (Å²) in [6, 6.07) is 0. The van der Waals surface area contributed by atoms with Crippen molar-refractivity contribution < 1.29 is 24.5 Å². The Morgan fingerprint density at radius 3 is 1.96 bits per heavy atom. The number of hydrogen-bond acceptors (Lipinski definition) is 4. The molecule has 0 aromatic rings. The third-order valence-corrected chi connectivity index (χ3v) is 4.20. The minimum atomic E-state index is -1.13. The molecule has 0 aliphatic carbocycles. The van der Waals surface area contributed by atoms with Crippen molar-refractivity contribution in [2.75, 3.05) is 32.9 Å². The molecule has 6 heteroatoms. The van der Waals surface area contributed by atoms with Gasteiger partial charge in [0.25, 0.3) is 0 Å². The molecule has 0 aromatic heterocycles. The van der Waals surface area contributed by atoms with Gasteiger partial charge < -0.3 is 19.8 Å². The van der Waals surface area contributed by atoms with Crippen molar-refractivity contribution in [2.24, 2.45) is 0 Å². The van der Waals surface area contributed by atoms with Gasteiger partial charge >= 0.3 is 5.97 Å². The van der Waals surface area contributed by atoms with Gasteiger partial charge in [-0.25, -0.2) is 4.79 Å². The van der Waals surface area contributed by atoms with Crippen molar-refractivity contribution in [2.45, 2.75) is 71.1 Å². The first-order chi connectivity index (χ1) is 12.6. The molecule has 0 saturated heterocycles. The number of carbonyl (C=O) groups excluding carboxylic acids is 1. The van der Waals surface area contributed by atoms with Crippen LogP contribution in [0.1, 0.15) is 71.1 Å². The van der Waals surface area contributed by atoms with Crippen LogP contribution in [0.5, 0.6) is 0 Å². The van der Waals surface area contributed by atoms with E-state index in [-0.39, 0.29) is 19.1 Å². The van der Waals surface area contributed by atoms with E-state index in [4.69, 9.17) is 14.9 Å². The standard InChI is InChI=1S/C20H37NO5/c1-2-3-4-5-6-7-8-9-10-11-14-21(15-17-26-18-16-22)19(23)12-13-20(24)25/h12-13,22H,2-11,14-18H2,1H3,(H,24,25). The average Bonchev–Trinajstić information content (AvgIpc) is 2.62. The van der Waals surface area contributed by atoms with Gasteiger partial charge in [0.1, 0.15) is 0 Å². The van der Waals surface area contributed by atoms with E-state index in [9.17, 15) is 9.59 Å². The van der Waals surface area contributed by atoms with Crippen LogP contribution < -0.4 is 0 Å². The monoisotopic (exact) mass is 371 g/mol. The molecule has 1 amide bonds. The van der Waals surface area contributed by atoms with Gasteiger partial charge in [-0.3, -0.25) is 4.79 Å². The summed E-state index contributed by atoms with van der Waals surface area (Å²) in [7, 11) is 0. The largest absolute Gasteiger partial charge is 0.478 e. The molecule has 0 aliphatic heterocycles. The minimum absolute atomic E-state index is 0.0503. The van der Waals surface area contributed by atoms with Crippen molar-refractivity contribution >= 4 is 11.9 Å². The van der Waals surface area contributed by atoms with Gasteiger partial charge in [-0.05, 0) is 6.42 Å². The lowest BCUT2D eigenvalue weighted by molar-refractivity contribution is -0.132. The molecule has 0 aromatic carbocycles. The number of carboxylic acids is 1. The molecule has 0 spiro atoms. The van der Waals surface area contributed by atoms with E-state index in [2.05, 4.69) is 6.92 Å². The lowest BCUT2D eigenvalue weighted by Crippen LogP contribution is -2.34. The van der Waals surface area contributed by atoms with Gasteiger partial charge in [0.2, 0.25) is 5.91 Å². The number of nitrogens with zero attached hydrogens (tertiary/aromatic N) is 1. The average molecular weight is 372 g/mol. The maximum absolute atomic E-state index is 12.1. The molecule has 0 rings (SSSR count). The van der Waals surface area contributed by atoms with Crippen molar-refractivity contribution in [3.05, 3.63) is 12.2 Å². The van der Waals surface area contributed by atoms with Crippen LogP contribution in [0.25, 0.3) is 0 Å². The first-order valence-corrected chi connectivity index (χ1v) is 10.00. The first-order valence-electron chi connectivity index (χ1n) is 10.00. The van der Waals surface area contributed by atoms with Crippen molar-refractivity contribution in [3.8, 4) is 0 Å². The molecule has 6 nitrogen and oxygen atoms in total. The molecule has 0 atom stereocenters. The zero-order chi connectivity index (χ0) is 19.5. The van der Waals surface area contributed by atoms with Crippen LogP contribution in [0.15, 0.2) is 12.2 Å². The summed E-state index contributed by atoms with van der Waals surface area (Å²) in [5, 5.41) is 17.4. The Morgan fingerprint density at radius 2 is 1.42 bits per heavy atom. The molecule has 0 unspecified atom stereocenters. The van der Waals surface area contributed by atoms with E-state index in [1.807, 2.05) is 0 Å². The number of carboxylic acid groups (broad SMARTS) is 1. The van der Waals surface area contributed by atoms with E-state index in [0.717, 1.165) is 25.0 Å². The van der Waals surface area contributed by atoms with Crippen LogP contribution in [0.4, 0.5) is 0 Å². The predicted molar refractivity (Wildman–Crippen MR) is 103 cm³/mol. The van der Waals surface area contributed by atoms with Crippen LogP contribution in [0.2, 0.25) is 0 Å². The molecule has 26 heavy (non-hydrogen) atoms. The number of ether oxygens (including phenoxy) is 1. The SMILES string of the molecule is CCCCCCCCCCCCN(CCOCCO)C(=O)C=CC(=O)O. The van der Waals surface area contributed by atoms with Gasteiger partial charge in [-0.1, -0.05) is 64.7 Å². The Hall–Kier alpha value is -1.40. The fourth-order valence-electron chi connectivity index (χ4n) is 2.71. The minimum Gasteiger partial charge on any atom is -0.478 e. The van der Waals surface area contributed by atoms with E-state index >= 15 is 0 Å². The molecule has 0 fully saturated rings.